The summed E-state index contributed by atoms with van der Waals surface area (Å²) >= 11 is 0. The van der Waals surface area contributed by atoms with Crippen molar-refractivity contribution in [2.75, 3.05) is 0 Å². The van der Waals surface area contributed by atoms with Crippen LogP contribution >= 0.6 is 0 Å². The SMILES string of the molecule is CC[C@@H](C(C)C)[C@@H]1N[C@H]1[C@@H](C)[C@H]1CC[C@H]2[C@@H]3CC=C4C[C@@H](OC(C)=O)CC[C@]4(C)[C@H]3CC[C@]12C. The average Bonchev–Trinajstić information content (AvgIpc) is 3.47. The van der Waals surface area contributed by atoms with Gasteiger partial charge in [-0.15, -0.1) is 0 Å². The second kappa shape index (κ2) is 8.93. The Kier molecular flexibility index (Phi) is 6.52. The molecule has 0 spiro atoms. The van der Waals surface area contributed by atoms with Crippen molar-refractivity contribution in [2.45, 2.75) is 124 Å². The summed E-state index contributed by atoms with van der Waals surface area (Å²) in [6, 6.07) is 1.50. The highest BCUT2D eigenvalue weighted by atomic mass is 16.5. The van der Waals surface area contributed by atoms with E-state index >= 15 is 0 Å². The monoisotopic (exact) mass is 469 g/mol. The highest BCUT2D eigenvalue weighted by Gasteiger charge is 2.61. The molecule has 0 aromatic rings. The first-order chi connectivity index (χ1) is 16.1. The molecule has 4 fully saturated rings. The molecular formula is C31H51NO2. The standard InChI is InChI=1S/C31H51NO2/c1-8-23(18(2)3)29-28(32-29)19(4)25-11-12-26-24-10-9-21-17-22(34-20(5)33)13-15-30(21,6)27(24)14-16-31(25,26)7/h9,18-19,22-29,32H,8,10-17H2,1-7H3/t19-,22-,23-,24-,25+,26-,27-,28-,29-,30-,31+/m0/s1. The summed E-state index contributed by atoms with van der Waals surface area (Å²) in [7, 11) is 0. The summed E-state index contributed by atoms with van der Waals surface area (Å²) in [5.74, 6) is 5.75. The van der Waals surface area contributed by atoms with Gasteiger partial charge in [0.05, 0.1) is 0 Å². The predicted molar refractivity (Wildman–Crippen MR) is 139 cm³/mol. The summed E-state index contributed by atoms with van der Waals surface area (Å²) in [4.78, 5) is 11.5. The minimum Gasteiger partial charge on any atom is -0.462 e. The largest absolute Gasteiger partial charge is 0.462 e. The fourth-order valence-electron chi connectivity index (χ4n) is 10.3. The third-order valence-electron chi connectivity index (χ3n) is 12.1. The number of esters is 1. The molecule has 1 aliphatic heterocycles. The van der Waals surface area contributed by atoms with Crippen molar-refractivity contribution in [1.82, 2.24) is 5.32 Å². The van der Waals surface area contributed by atoms with Crippen LogP contribution in [0.2, 0.25) is 0 Å². The Morgan fingerprint density at radius 3 is 2.53 bits per heavy atom. The van der Waals surface area contributed by atoms with Gasteiger partial charge in [-0.3, -0.25) is 4.79 Å². The maximum absolute atomic E-state index is 11.5. The van der Waals surface area contributed by atoms with Gasteiger partial charge in [0.25, 0.3) is 0 Å². The fraction of sp³-hybridized carbons (Fsp3) is 0.903. The number of rotatable bonds is 6. The zero-order valence-corrected chi connectivity index (χ0v) is 23.0. The molecule has 3 saturated carbocycles. The molecule has 1 saturated heterocycles. The first-order valence-corrected chi connectivity index (χ1v) is 14.7. The Balaban J connectivity index is 1.30. The molecule has 34 heavy (non-hydrogen) atoms. The molecular weight excluding hydrogens is 418 g/mol. The summed E-state index contributed by atoms with van der Waals surface area (Å²) in [6.07, 6.45) is 14.2. The molecule has 1 heterocycles. The smallest absolute Gasteiger partial charge is 0.302 e. The van der Waals surface area contributed by atoms with Crippen LogP contribution in [0.3, 0.4) is 0 Å². The zero-order valence-electron chi connectivity index (χ0n) is 23.0. The van der Waals surface area contributed by atoms with Gasteiger partial charge in [-0.25, -0.2) is 0 Å². The molecule has 3 heteroatoms. The van der Waals surface area contributed by atoms with Crippen LogP contribution in [0.1, 0.15) is 106 Å². The Hall–Kier alpha value is -0.830. The van der Waals surface area contributed by atoms with Crippen LogP contribution in [0.4, 0.5) is 0 Å². The molecule has 192 valence electrons. The molecule has 0 bridgehead atoms. The zero-order chi connectivity index (χ0) is 24.4. The van der Waals surface area contributed by atoms with E-state index in [9.17, 15) is 4.79 Å². The van der Waals surface area contributed by atoms with Gasteiger partial charge in [-0.1, -0.05) is 59.6 Å². The lowest BCUT2D eigenvalue weighted by molar-refractivity contribution is -0.148. The highest BCUT2D eigenvalue weighted by Crippen LogP contribution is 2.67. The van der Waals surface area contributed by atoms with Crippen LogP contribution in [0.25, 0.3) is 0 Å². The van der Waals surface area contributed by atoms with Crippen molar-refractivity contribution in [3.63, 3.8) is 0 Å². The summed E-state index contributed by atoms with van der Waals surface area (Å²) in [5.41, 5.74) is 2.47. The van der Waals surface area contributed by atoms with E-state index in [1.165, 1.54) is 44.9 Å². The van der Waals surface area contributed by atoms with Gasteiger partial charge in [0.2, 0.25) is 0 Å². The molecule has 0 amide bonds. The number of hydrogen-bond donors (Lipinski definition) is 1. The molecule has 0 aromatic carbocycles. The van der Waals surface area contributed by atoms with Crippen molar-refractivity contribution in [1.29, 1.82) is 0 Å². The van der Waals surface area contributed by atoms with E-state index in [1.54, 1.807) is 12.5 Å². The maximum Gasteiger partial charge on any atom is 0.302 e. The summed E-state index contributed by atoms with van der Waals surface area (Å²) < 4.78 is 5.64. The fourth-order valence-corrected chi connectivity index (χ4v) is 10.3. The van der Waals surface area contributed by atoms with E-state index in [0.29, 0.717) is 10.8 Å². The second-order valence-electron chi connectivity index (χ2n) is 13.9. The van der Waals surface area contributed by atoms with Crippen LogP contribution < -0.4 is 5.32 Å². The molecule has 0 aromatic heterocycles. The van der Waals surface area contributed by atoms with Crippen molar-refractivity contribution < 1.29 is 9.53 Å². The van der Waals surface area contributed by atoms with E-state index in [1.807, 2.05) is 0 Å². The van der Waals surface area contributed by atoms with Crippen molar-refractivity contribution in [2.24, 2.45) is 52.3 Å². The Morgan fingerprint density at radius 1 is 1.09 bits per heavy atom. The first kappa shape index (κ1) is 24.8. The van der Waals surface area contributed by atoms with Crippen LogP contribution in [0, 0.1) is 52.3 Å². The number of carbonyl (C=O) groups excluding carboxylic acids is 1. The van der Waals surface area contributed by atoms with Crippen LogP contribution in [0.15, 0.2) is 11.6 Å². The lowest BCUT2D eigenvalue weighted by Gasteiger charge is -2.58. The molecule has 4 aliphatic carbocycles. The van der Waals surface area contributed by atoms with E-state index in [2.05, 4.69) is 52.9 Å². The van der Waals surface area contributed by atoms with Gasteiger partial charge >= 0.3 is 5.97 Å². The third kappa shape index (κ3) is 3.91. The maximum atomic E-state index is 11.5. The van der Waals surface area contributed by atoms with Crippen LogP contribution in [-0.2, 0) is 9.53 Å². The van der Waals surface area contributed by atoms with Crippen molar-refractivity contribution in [3.05, 3.63) is 11.6 Å². The van der Waals surface area contributed by atoms with Gasteiger partial charge < -0.3 is 10.1 Å². The first-order valence-electron chi connectivity index (χ1n) is 14.7. The van der Waals surface area contributed by atoms with Crippen molar-refractivity contribution in [3.8, 4) is 0 Å². The van der Waals surface area contributed by atoms with E-state index in [0.717, 1.165) is 66.4 Å². The minimum absolute atomic E-state index is 0.107. The number of nitrogens with one attached hydrogen (secondary N) is 1. The third-order valence-corrected chi connectivity index (χ3v) is 12.1. The van der Waals surface area contributed by atoms with Crippen LogP contribution in [-0.4, -0.2) is 24.2 Å². The number of hydrogen-bond acceptors (Lipinski definition) is 3. The van der Waals surface area contributed by atoms with Gasteiger partial charge in [-0.2, -0.15) is 0 Å². The number of carbonyl (C=O) groups is 1. The van der Waals surface area contributed by atoms with Gasteiger partial charge in [-0.05, 0) is 97.2 Å². The van der Waals surface area contributed by atoms with Crippen molar-refractivity contribution >= 4 is 5.97 Å². The molecule has 5 rings (SSSR count). The normalized spacial score (nSPS) is 47.2. The summed E-state index contributed by atoms with van der Waals surface area (Å²) in [5, 5.41) is 3.96. The highest BCUT2D eigenvalue weighted by molar-refractivity contribution is 5.66. The molecule has 3 nitrogen and oxygen atoms in total. The lowest BCUT2D eigenvalue weighted by Crippen LogP contribution is -2.51. The summed E-state index contributed by atoms with van der Waals surface area (Å²) in [6.45, 7) is 16.6. The van der Waals surface area contributed by atoms with Gasteiger partial charge in [0.15, 0.2) is 0 Å². The quantitative estimate of drug-likeness (QED) is 0.255. The second-order valence-corrected chi connectivity index (χ2v) is 13.9. The number of ether oxygens (including phenoxy) is 1. The molecule has 0 radical (unpaired) electrons. The number of fused-ring (bicyclic) bond motifs is 5. The Morgan fingerprint density at radius 2 is 1.85 bits per heavy atom. The van der Waals surface area contributed by atoms with Gasteiger partial charge in [0, 0.05) is 25.4 Å². The topological polar surface area (TPSA) is 48.2 Å². The van der Waals surface area contributed by atoms with Gasteiger partial charge in [0.1, 0.15) is 6.10 Å². The average molecular weight is 470 g/mol. The molecule has 1 N–H and O–H groups in total. The minimum atomic E-state index is -0.117. The number of allylic oxidation sites excluding steroid dienone is 1. The molecule has 0 unspecified atom stereocenters. The van der Waals surface area contributed by atoms with E-state index in [4.69, 9.17) is 4.74 Å². The molecule has 5 aliphatic rings. The molecule has 11 atom stereocenters. The van der Waals surface area contributed by atoms with Crippen LogP contribution in [0.5, 0.6) is 0 Å². The van der Waals surface area contributed by atoms with E-state index < -0.39 is 0 Å². The predicted octanol–water partition coefficient (Wildman–Crippen LogP) is 7.16. The lowest BCUT2D eigenvalue weighted by atomic mass is 9.47. The van der Waals surface area contributed by atoms with E-state index in [-0.39, 0.29) is 12.1 Å². The Bertz CT molecular complexity index is 818. The Labute approximate surface area is 209 Å².